The number of aromatic nitrogens is 2. The van der Waals surface area contributed by atoms with Crippen LogP contribution in [-0.4, -0.2) is 31.1 Å². The molecule has 0 aromatic carbocycles. The first-order chi connectivity index (χ1) is 10.7. The van der Waals surface area contributed by atoms with Gasteiger partial charge in [0, 0.05) is 32.1 Å². The first kappa shape index (κ1) is 16.3. The van der Waals surface area contributed by atoms with E-state index in [0.29, 0.717) is 11.3 Å². The Hall–Kier alpha value is -3.09. The molecule has 0 radical (unpaired) electrons. The normalized spacial score (nSPS) is 11.1. The van der Waals surface area contributed by atoms with Crippen LogP contribution in [0.1, 0.15) is 32.1 Å². The maximum absolute atomic E-state index is 12.2. The van der Waals surface area contributed by atoms with Gasteiger partial charge in [0.1, 0.15) is 17.0 Å². The van der Waals surface area contributed by atoms with Gasteiger partial charge in [-0.1, -0.05) is 0 Å². The fourth-order valence-electron chi connectivity index (χ4n) is 2.19. The summed E-state index contributed by atoms with van der Waals surface area (Å²) in [7, 11) is 3.08. The number of carboxylic acid groups (broad SMARTS) is 1. The fraction of sp³-hybridized carbons (Fsp3) is 0.188. The zero-order chi connectivity index (χ0) is 17.3. The summed E-state index contributed by atoms with van der Waals surface area (Å²) in [6, 6.07) is 2.74. The predicted octanol–water partition coefficient (Wildman–Crippen LogP) is 1.33. The molecule has 0 unspecified atom stereocenters. The minimum Gasteiger partial charge on any atom is -0.507 e. The topological polar surface area (TPSA) is 102 Å². The van der Waals surface area contributed by atoms with Gasteiger partial charge in [-0.2, -0.15) is 0 Å². The van der Waals surface area contributed by atoms with E-state index < -0.39 is 17.3 Å². The van der Waals surface area contributed by atoms with E-state index in [4.69, 9.17) is 5.11 Å². The lowest BCUT2D eigenvalue weighted by atomic mass is 10.1. The molecular formula is C16H16N2O5. The number of rotatable bonds is 4. The van der Waals surface area contributed by atoms with Crippen molar-refractivity contribution in [3.05, 3.63) is 57.3 Å². The molecule has 2 heterocycles. The Kier molecular flexibility index (Phi) is 4.22. The maximum Gasteiger partial charge on any atom is 0.352 e. The second-order valence-electron chi connectivity index (χ2n) is 5.18. The number of hydrogen-bond donors (Lipinski definition) is 2. The molecule has 0 fully saturated rings. The van der Waals surface area contributed by atoms with E-state index in [1.165, 1.54) is 34.4 Å². The molecule has 2 rings (SSSR count). The van der Waals surface area contributed by atoms with Crippen molar-refractivity contribution in [2.75, 3.05) is 0 Å². The van der Waals surface area contributed by atoms with E-state index in [9.17, 15) is 19.5 Å². The van der Waals surface area contributed by atoms with Gasteiger partial charge in [-0.25, -0.2) is 4.79 Å². The number of carbonyl (C=O) groups is 2. The third-order valence-electron chi connectivity index (χ3n) is 3.57. The van der Waals surface area contributed by atoms with Crippen LogP contribution in [0.4, 0.5) is 0 Å². The van der Waals surface area contributed by atoms with Crippen molar-refractivity contribution >= 4 is 17.8 Å². The van der Waals surface area contributed by atoms with Crippen molar-refractivity contribution in [2.24, 2.45) is 14.1 Å². The van der Waals surface area contributed by atoms with Crippen molar-refractivity contribution in [3.63, 3.8) is 0 Å². The number of carbonyl (C=O) groups excluding carboxylic acids is 1. The maximum atomic E-state index is 12.2. The van der Waals surface area contributed by atoms with Gasteiger partial charge in [0.05, 0.1) is 0 Å². The second-order valence-corrected chi connectivity index (χ2v) is 5.18. The van der Waals surface area contributed by atoms with Gasteiger partial charge >= 0.3 is 5.97 Å². The summed E-state index contributed by atoms with van der Waals surface area (Å²) in [5.74, 6) is -2.10. The van der Waals surface area contributed by atoms with Crippen molar-refractivity contribution < 1.29 is 19.8 Å². The van der Waals surface area contributed by atoms with E-state index in [-0.39, 0.29) is 17.0 Å². The number of aromatic hydroxyl groups is 1. The lowest BCUT2D eigenvalue weighted by molar-refractivity contribution is 0.0686. The van der Waals surface area contributed by atoms with E-state index in [2.05, 4.69) is 0 Å². The van der Waals surface area contributed by atoms with Gasteiger partial charge in [0.15, 0.2) is 5.78 Å². The first-order valence-electron chi connectivity index (χ1n) is 6.74. The summed E-state index contributed by atoms with van der Waals surface area (Å²) in [4.78, 5) is 35.2. The van der Waals surface area contributed by atoms with Crippen LogP contribution in [0.25, 0.3) is 6.08 Å². The van der Waals surface area contributed by atoms with E-state index in [0.717, 1.165) is 6.08 Å². The Bertz CT molecular complexity index is 887. The van der Waals surface area contributed by atoms with Crippen LogP contribution < -0.4 is 5.56 Å². The zero-order valence-corrected chi connectivity index (χ0v) is 12.9. The molecule has 23 heavy (non-hydrogen) atoms. The lowest BCUT2D eigenvalue weighted by Crippen LogP contribution is -2.25. The summed E-state index contributed by atoms with van der Waals surface area (Å²) >= 11 is 0. The predicted molar refractivity (Wildman–Crippen MR) is 83.8 cm³/mol. The van der Waals surface area contributed by atoms with Crippen molar-refractivity contribution in [2.45, 2.75) is 6.92 Å². The summed E-state index contributed by atoms with van der Waals surface area (Å²) in [5, 5.41) is 18.8. The first-order valence-corrected chi connectivity index (χ1v) is 6.74. The number of aromatic carboxylic acids is 1. The Morgan fingerprint density at radius 1 is 1.22 bits per heavy atom. The Morgan fingerprint density at radius 3 is 2.43 bits per heavy atom. The number of hydrogen-bond acceptors (Lipinski definition) is 4. The summed E-state index contributed by atoms with van der Waals surface area (Å²) in [5.41, 5.74) is 0.204. The van der Waals surface area contributed by atoms with Gasteiger partial charge in [-0.15, -0.1) is 0 Å². The molecule has 7 nitrogen and oxygen atoms in total. The highest BCUT2D eigenvalue weighted by atomic mass is 16.4. The Morgan fingerprint density at radius 2 is 1.87 bits per heavy atom. The minimum atomic E-state index is -1.08. The highest BCUT2D eigenvalue weighted by molar-refractivity contribution is 6.08. The van der Waals surface area contributed by atoms with Crippen molar-refractivity contribution in [3.8, 4) is 5.75 Å². The molecule has 2 aromatic heterocycles. The van der Waals surface area contributed by atoms with Gasteiger partial charge in [0.25, 0.3) is 5.56 Å². The number of ketones is 1. The lowest BCUT2D eigenvalue weighted by Gasteiger charge is -2.07. The standard InChI is InChI=1S/C16H16N2O5/c1-9-6-13(20)14(15(21)18(9)3)12(19)5-4-10-7-11(16(22)23)17(2)8-10/h4-8,20H,1-3H3,(H,22,23). The summed E-state index contributed by atoms with van der Waals surface area (Å²) < 4.78 is 2.68. The number of nitrogens with zero attached hydrogens (tertiary/aromatic N) is 2. The van der Waals surface area contributed by atoms with Crippen LogP contribution in [0, 0.1) is 6.92 Å². The monoisotopic (exact) mass is 316 g/mol. The summed E-state index contributed by atoms with van der Waals surface area (Å²) in [6.45, 7) is 1.64. The molecule has 0 atom stereocenters. The molecule has 0 aliphatic carbocycles. The highest BCUT2D eigenvalue weighted by Gasteiger charge is 2.16. The van der Waals surface area contributed by atoms with Crippen LogP contribution in [0.5, 0.6) is 5.75 Å². The van der Waals surface area contributed by atoms with Gasteiger partial charge in [0.2, 0.25) is 0 Å². The van der Waals surface area contributed by atoms with E-state index in [1.807, 2.05) is 0 Å². The highest BCUT2D eigenvalue weighted by Crippen LogP contribution is 2.16. The van der Waals surface area contributed by atoms with Crippen molar-refractivity contribution in [1.29, 1.82) is 0 Å². The quantitative estimate of drug-likeness (QED) is 0.654. The van der Waals surface area contributed by atoms with Crippen LogP contribution in [0.15, 0.2) is 29.2 Å². The number of allylic oxidation sites excluding steroid dienone is 1. The van der Waals surface area contributed by atoms with Gasteiger partial charge in [-0.05, 0) is 30.7 Å². The molecule has 7 heteroatoms. The molecule has 0 amide bonds. The fourth-order valence-corrected chi connectivity index (χ4v) is 2.19. The molecule has 0 bridgehead atoms. The molecule has 0 aliphatic heterocycles. The van der Waals surface area contributed by atoms with Gasteiger partial charge < -0.3 is 19.3 Å². The minimum absolute atomic E-state index is 0.0752. The third kappa shape index (κ3) is 3.08. The average molecular weight is 316 g/mol. The van der Waals surface area contributed by atoms with Crippen LogP contribution in [-0.2, 0) is 14.1 Å². The molecule has 0 saturated carbocycles. The average Bonchev–Trinajstić information content (AvgIpc) is 2.84. The molecule has 0 aliphatic rings. The molecule has 2 aromatic rings. The van der Waals surface area contributed by atoms with E-state index >= 15 is 0 Å². The van der Waals surface area contributed by atoms with Crippen LogP contribution >= 0.6 is 0 Å². The SMILES string of the molecule is Cc1cc(O)c(C(=O)C=Cc2cc(C(=O)O)n(C)c2)c(=O)n1C. The van der Waals surface area contributed by atoms with Crippen LogP contribution in [0.2, 0.25) is 0 Å². The molecule has 120 valence electrons. The van der Waals surface area contributed by atoms with E-state index in [1.54, 1.807) is 20.2 Å². The largest absolute Gasteiger partial charge is 0.507 e. The molecule has 0 spiro atoms. The van der Waals surface area contributed by atoms with Gasteiger partial charge in [-0.3, -0.25) is 9.59 Å². The number of aryl methyl sites for hydroxylation is 2. The second kappa shape index (κ2) is 5.96. The summed E-state index contributed by atoms with van der Waals surface area (Å²) in [6.07, 6.45) is 4.07. The third-order valence-corrected chi connectivity index (χ3v) is 3.57. The number of pyridine rings is 1. The molecular weight excluding hydrogens is 300 g/mol. The Labute approximate surface area is 131 Å². The Balaban J connectivity index is 2.37. The smallest absolute Gasteiger partial charge is 0.352 e. The zero-order valence-electron chi connectivity index (χ0n) is 12.9. The number of carboxylic acids is 1. The van der Waals surface area contributed by atoms with Crippen molar-refractivity contribution in [1.82, 2.24) is 9.13 Å². The molecule has 2 N–H and O–H groups in total. The molecule has 0 saturated heterocycles. The van der Waals surface area contributed by atoms with Crippen LogP contribution in [0.3, 0.4) is 0 Å².